The number of carbonyl (C=O) groups is 3. The van der Waals surface area contributed by atoms with Gasteiger partial charge in [0.15, 0.2) is 0 Å². The Labute approximate surface area is 174 Å². The number of anilines is 1. The van der Waals surface area contributed by atoms with Crippen LogP contribution in [0.2, 0.25) is 10.3 Å². The lowest BCUT2D eigenvalue weighted by Crippen LogP contribution is -2.51. The van der Waals surface area contributed by atoms with E-state index in [1.165, 1.54) is 19.1 Å². The van der Waals surface area contributed by atoms with Crippen LogP contribution in [-0.2, 0) is 16.0 Å². The summed E-state index contributed by atoms with van der Waals surface area (Å²) in [6.07, 6.45) is 0.174. The second-order valence-corrected chi connectivity index (χ2v) is 8.02. The number of hydrogen-bond donors (Lipinski definition) is 0. The molecule has 4 amide bonds. The van der Waals surface area contributed by atoms with E-state index in [9.17, 15) is 14.4 Å². The van der Waals surface area contributed by atoms with E-state index in [1.54, 1.807) is 6.92 Å². The average molecular weight is 471 g/mol. The van der Waals surface area contributed by atoms with Crippen LogP contribution in [0.15, 0.2) is 40.9 Å². The third kappa shape index (κ3) is 3.59. The smallest absolute Gasteiger partial charge is 0.275 e. The van der Waals surface area contributed by atoms with Crippen LogP contribution in [0.1, 0.15) is 19.4 Å². The molecule has 0 radical (unpaired) electrons. The molecule has 0 saturated carbocycles. The molecule has 1 saturated heterocycles. The summed E-state index contributed by atoms with van der Waals surface area (Å²) in [6, 6.07) is 9.28. The van der Waals surface area contributed by atoms with Gasteiger partial charge in [0.1, 0.15) is 15.8 Å². The number of amides is 4. The summed E-state index contributed by atoms with van der Waals surface area (Å²) in [5.41, 5.74) is -0.402. The average Bonchev–Trinajstić information content (AvgIpc) is 2.75. The van der Waals surface area contributed by atoms with Gasteiger partial charge < -0.3 is 0 Å². The van der Waals surface area contributed by atoms with E-state index < -0.39 is 23.4 Å². The fourth-order valence-corrected chi connectivity index (χ4v) is 3.89. The zero-order valence-corrected chi connectivity index (χ0v) is 17.5. The van der Waals surface area contributed by atoms with Crippen LogP contribution >= 0.6 is 39.1 Å². The number of urea groups is 1. The number of aromatic nitrogens is 1. The molecular formula is C18H14BrCl2N3O3. The summed E-state index contributed by atoms with van der Waals surface area (Å²) in [7, 11) is 0. The number of pyridine rings is 1. The zero-order valence-electron chi connectivity index (χ0n) is 14.4. The highest BCUT2D eigenvalue weighted by Crippen LogP contribution is 2.36. The summed E-state index contributed by atoms with van der Waals surface area (Å²) in [4.78, 5) is 44.1. The fourth-order valence-electron chi connectivity index (χ4n) is 3.18. The first-order valence-corrected chi connectivity index (χ1v) is 9.45. The van der Waals surface area contributed by atoms with Crippen LogP contribution in [0.25, 0.3) is 0 Å². The van der Waals surface area contributed by atoms with Crippen LogP contribution in [0.5, 0.6) is 0 Å². The van der Waals surface area contributed by atoms with E-state index in [4.69, 9.17) is 23.2 Å². The molecular weight excluding hydrogens is 457 g/mol. The Bertz CT molecular complexity index is 931. The van der Waals surface area contributed by atoms with Crippen molar-refractivity contribution in [2.75, 3.05) is 4.90 Å². The molecule has 1 aliphatic heterocycles. The molecule has 1 fully saturated rings. The van der Waals surface area contributed by atoms with Crippen LogP contribution in [0, 0.1) is 0 Å². The number of imide groups is 2. The highest BCUT2D eigenvalue weighted by Gasteiger charge is 2.56. The molecule has 0 aliphatic carbocycles. The topological polar surface area (TPSA) is 70.6 Å². The molecule has 1 aliphatic rings. The Morgan fingerprint density at radius 2 is 1.70 bits per heavy atom. The lowest BCUT2D eigenvalue weighted by atomic mass is 9.91. The van der Waals surface area contributed by atoms with Gasteiger partial charge in [0.2, 0.25) is 5.91 Å². The molecule has 1 aromatic carbocycles. The van der Waals surface area contributed by atoms with Crippen molar-refractivity contribution in [2.45, 2.75) is 25.8 Å². The maximum atomic E-state index is 13.2. The molecule has 9 heteroatoms. The van der Waals surface area contributed by atoms with Gasteiger partial charge in [-0.05, 0) is 36.8 Å². The lowest BCUT2D eigenvalue weighted by molar-refractivity contribution is -0.135. The minimum absolute atomic E-state index is 0.0361. The molecule has 0 bridgehead atoms. The van der Waals surface area contributed by atoms with E-state index in [2.05, 4.69) is 20.9 Å². The third-order valence-electron chi connectivity index (χ3n) is 4.32. The molecule has 1 unspecified atom stereocenters. The van der Waals surface area contributed by atoms with Gasteiger partial charge >= 0.3 is 6.03 Å². The molecule has 27 heavy (non-hydrogen) atoms. The van der Waals surface area contributed by atoms with Gasteiger partial charge in [-0.3, -0.25) is 9.59 Å². The number of benzene rings is 1. The number of halogens is 3. The molecule has 1 atom stereocenters. The van der Waals surface area contributed by atoms with Crippen molar-refractivity contribution in [3.8, 4) is 0 Å². The minimum atomic E-state index is -1.38. The quantitative estimate of drug-likeness (QED) is 0.490. The van der Waals surface area contributed by atoms with Crippen molar-refractivity contribution in [1.82, 2.24) is 9.88 Å². The molecule has 3 rings (SSSR count). The molecule has 6 nitrogen and oxygen atoms in total. The van der Waals surface area contributed by atoms with Crippen LogP contribution in [-0.4, -0.2) is 33.3 Å². The maximum absolute atomic E-state index is 13.2. The second kappa shape index (κ2) is 7.22. The Balaban J connectivity index is 2.07. The summed E-state index contributed by atoms with van der Waals surface area (Å²) in [5, 5.41) is 0.0722. The Morgan fingerprint density at radius 3 is 2.22 bits per heavy atom. The van der Waals surface area contributed by atoms with Gasteiger partial charge in [0.25, 0.3) is 5.91 Å². The van der Waals surface area contributed by atoms with Crippen molar-refractivity contribution in [1.29, 1.82) is 0 Å². The Morgan fingerprint density at radius 1 is 1.15 bits per heavy atom. The normalized spacial score (nSPS) is 19.7. The maximum Gasteiger partial charge on any atom is 0.339 e. The van der Waals surface area contributed by atoms with Gasteiger partial charge in [0.05, 0.1) is 5.69 Å². The van der Waals surface area contributed by atoms with Crippen molar-refractivity contribution in [3.63, 3.8) is 0 Å². The van der Waals surface area contributed by atoms with Gasteiger partial charge in [-0.25, -0.2) is 19.6 Å². The molecule has 2 heterocycles. The van der Waals surface area contributed by atoms with Crippen molar-refractivity contribution >= 4 is 62.7 Å². The SMILES string of the molecule is CC(=O)N1C(=O)N(c2cc(Cl)nc(Cl)c2)C(=O)C1(C)Cc1ccc(Br)cc1. The number of nitrogens with zero attached hydrogens (tertiary/aromatic N) is 3. The molecule has 140 valence electrons. The number of rotatable bonds is 3. The Hall–Kier alpha value is -1.96. The summed E-state index contributed by atoms with van der Waals surface area (Å²) >= 11 is 15.2. The molecule has 0 N–H and O–H groups in total. The van der Waals surface area contributed by atoms with Crippen molar-refractivity contribution in [2.24, 2.45) is 0 Å². The van der Waals surface area contributed by atoms with Crippen LogP contribution in [0.4, 0.5) is 10.5 Å². The summed E-state index contributed by atoms with van der Waals surface area (Å²) < 4.78 is 0.886. The number of carbonyl (C=O) groups excluding carboxylic acids is 3. The lowest BCUT2D eigenvalue weighted by Gasteiger charge is -2.29. The predicted molar refractivity (Wildman–Crippen MR) is 106 cm³/mol. The van der Waals surface area contributed by atoms with Gasteiger partial charge in [0, 0.05) is 17.8 Å². The minimum Gasteiger partial charge on any atom is -0.275 e. The summed E-state index contributed by atoms with van der Waals surface area (Å²) in [5.74, 6) is -1.06. The predicted octanol–water partition coefficient (Wildman–Crippen LogP) is 4.47. The molecule has 2 aromatic rings. The van der Waals surface area contributed by atoms with E-state index in [0.717, 1.165) is 19.8 Å². The Kier molecular flexibility index (Phi) is 5.29. The van der Waals surface area contributed by atoms with Crippen molar-refractivity contribution in [3.05, 3.63) is 56.7 Å². The third-order valence-corrected chi connectivity index (χ3v) is 5.24. The van der Waals surface area contributed by atoms with E-state index in [-0.39, 0.29) is 22.4 Å². The van der Waals surface area contributed by atoms with E-state index in [0.29, 0.717) is 0 Å². The van der Waals surface area contributed by atoms with Gasteiger partial charge in [-0.1, -0.05) is 51.3 Å². The highest BCUT2D eigenvalue weighted by molar-refractivity contribution is 9.10. The fraction of sp³-hybridized carbons (Fsp3) is 0.222. The summed E-state index contributed by atoms with van der Waals surface area (Å²) in [6.45, 7) is 2.82. The monoisotopic (exact) mass is 469 g/mol. The highest BCUT2D eigenvalue weighted by atomic mass is 79.9. The number of hydrogen-bond acceptors (Lipinski definition) is 4. The molecule has 1 aromatic heterocycles. The zero-order chi connectivity index (χ0) is 19.9. The molecule has 0 spiro atoms. The standard InChI is InChI=1S/C18H14BrCl2N3O3/c1-10(25)24-17(27)23(13-7-14(20)22-15(21)8-13)16(26)18(24,2)9-11-3-5-12(19)6-4-11/h3-8H,9H2,1-2H3. The van der Waals surface area contributed by atoms with E-state index in [1.807, 2.05) is 24.3 Å². The van der Waals surface area contributed by atoms with Crippen molar-refractivity contribution < 1.29 is 14.4 Å². The van der Waals surface area contributed by atoms with Gasteiger partial charge in [-0.2, -0.15) is 0 Å². The first-order valence-electron chi connectivity index (χ1n) is 7.90. The first kappa shape index (κ1) is 19.8. The van der Waals surface area contributed by atoms with Crippen LogP contribution in [0.3, 0.4) is 0 Å². The van der Waals surface area contributed by atoms with Crippen LogP contribution < -0.4 is 4.90 Å². The first-order chi connectivity index (χ1) is 12.6. The van der Waals surface area contributed by atoms with Gasteiger partial charge in [-0.15, -0.1) is 0 Å². The van der Waals surface area contributed by atoms with E-state index >= 15 is 0 Å². The second-order valence-electron chi connectivity index (χ2n) is 6.33. The largest absolute Gasteiger partial charge is 0.339 e.